The first kappa shape index (κ1) is 14.3. The quantitative estimate of drug-likeness (QED) is 0.898. The van der Waals surface area contributed by atoms with Crippen LogP contribution in [-0.2, 0) is 10.8 Å². The highest BCUT2D eigenvalue weighted by Gasteiger charge is 2.25. The van der Waals surface area contributed by atoms with Gasteiger partial charge in [-0.15, -0.1) is 0 Å². The molecule has 0 bridgehead atoms. The molecule has 4 heteroatoms. The molecule has 0 saturated heterocycles. The Bertz CT molecular complexity index is 383. The molecule has 17 heavy (non-hydrogen) atoms. The smallest absolute Gasteiger partial charge is 0.123 e. The molecule has 0 aliphatic rings. The summed E-state index contributed by atoms with van der Waals surface area (Å²) in [5.41, 5.74) is 0.0461. The summed E-state index contributed by atoms with van der Waals surface area (Å²) in [7, 11) is 0.776. The van der Waals surface area contributed by atoms with Gasteiger partial charge in [0.05, 0.1) is 10.8 Å². The van der Waals surface area contributed by atoms with E-state index in [1.54, 1.807) is 12.1 Å². The van der Waals surface area contributed by atoms with Crippen molar-refractivity contribution in [2.75, 3.05) is 12.8 Å². The summed E-state index contributed by atoms with van der Waals surface area (Å²) in [6.07, 6.45) is 0. The van der Waals surface area contributed by atoms with Crippen molar-refractivity contribution in [3.8, 4) is 0 Å². The van der Waals surface area contributed by atoms with Crippen LogP contribution in [0.25, 0.3) is 0 Å². The Kier molecular flexibility index (Phi) is 4.83. The van der Waals surface area contributed by atoms with E-state index in [1.165, 1.54) is 12.1 Å². The fraction of sp³-hybridized carbons (Fsp3) is 0.538. The lowest BCUT2D eigenvalue weighted by atomic mass is 9.88. The van der Waals surface area contributed by atoms with Crippen LogP contribution < -0.4 is 5.32 Å². The van der Waals surface area contributed by atoms with Crippen LogP contribution in [0, 0.1) is 11.2 Å². The normalized spacial score (nSPS) is 15.6. The van der Waals surface area contributed by atoms with Crippen molar-refractivity contribution >= 4 is 10.8 Å². The van der Waals surface area contributed by atoms with E-state index in [1.807, 2.05) is 7.05 Å². The fourth-order valence-corrected chi connectivity index (χ4v) is 3.20. The van der Waals surface area contributed by atoms with E-state index in [-0.39, 0.29) is 17.3 Å². The van der Waals surface area contributed by atoms with E-state index < -0.39 is 10.8 Å². The maximum atomic E-state index is 12.8. The molecular weight excluding hydrogens is 237 g/mol. The van der Waals surface area contributed by atoms with Crippen molar-refractivity contribution in [3.05, 3.63) is 30.1 Å². The van der Waals surface area contributed by atoms with Crippen molar-refractivity contribution in [2.24, 2.45) is 5.41 Å². The maximum Gasteiger partial charge on any atom is 0.123 e. The Morgan fingerprint density at radius 1 is 1.29 bits per heavy atom. The zero-order chi connectivity index (χ0) is 13.1. The van der Waals surface area contributed by atoms with Gasteiger partial charge in [0.1, 0.15) is 5.82 Å². The Morgan fingerprint density at radius 3 is 2.24 bits per heavy atom. The molecule has 2 unspecified atom stereocenters. The highest BCUT2D eigenvalue weighted by atomic mass is 32.2. The number of halogens is 1. The monoisotopic (exact) mass is 257 g/mol. The molecular formula is C13H20FNOS. The molecule has 2 nitrogen and oxygen atoms in total. The van der Waals surface area contributed by atoms with Crippen LogP contribution in [0.5, 0.6) is 0 Å². The molecule has 0 radical (unpaired) electrons. The summed E-state index contributed by atoms with van der Waals surface area (Å²) in [6, 6.07) is 6.02. The highest BCUT2D eigenvalue weighted by Crippen LogP contribution is 2.21. The first-order valence-corrected chi connectivity index (χ1v) is 6.97. The summed E-state index contributed by atoms with van der Waals surface area (Å²) in [5, 5.41) is 3.19. The van der Waals surface area contributed by atoms with Crippen LogP contribution in [0.15, 0.2) is 29.2 Å². The lowest BCUT2D eigenvalue weighted by molar-refractivity contribution is 0.304. The first-order chi connectivity index (χ1) is 7.84. The number of rotatable bonds is 4. The molecule has 0 fully saturated rings. The number of hydrogen-bond donors (Lipinski definition) is 1. The van der Waals surface area contributed by atoms with Crippen molar-refractivity contribution in [3.63, 3.8) is 0 Å². The first-order valence-electron chi connectivity index (χ1n) is 5.66. The number of hydrogen-bond acceptors (Lipinski definition) is 2. The third-order valence-electron chi connectivity index (χ3n) is 2.79. The third-order valence-corrected chi connectivity index (χ3v) is 4.22. The second-order valence-electron chi connectivity index (χ2n) is 5.17. The van der Waals surface area contributed by atoms with Gasteiger partial charge in [0.15, 0.2) is 0 Å². The van der Waals surface area contributed by atoms with Crippen LogP contribution in [0.3, 0.4) is 0 Å². The van der Waals surface area contributed by atoms with E-state index in [0.29, 0.717) is 10.6 Å². The van der Waals surface area contributed by atoms with Crippen molar-refractivity contribution in [1.82, 2.24) is 5.32 Å². The van der Waals surface area contributed by atoms with Crippen LogP contribution >= 0.6 is 0 Å². The topological polar surface area (TPSA) is 29.1 Å². The van der Waals surface area contributed by atoms with Crippen molar-refractivity contribution in [2.45, 2.75) is 31.7 Å². The fourth-order valence-electron chi connectivity index (χ4n) is 1.60. The second-order valence-corrected chi connectivity index (χ2v) is 6.67. The summed E-state index contributed by atoms with van der Waals surface area (Å²) >= 11 is 0. The average molecular weight is 257 g/mol. The molecule has 96 valence electrons. The Morgan fingerprint density at radius 2 is 1.82 bits per heavy atom. The number of nitrogens with one attached hydrogen (secondary N) is 1. The minimum atomic E-state index is -1.10. The summed E-state index contributed by atoms with van der Waals surface area (Å²) in [6.45, 7) is 6.32. The van der Waals surface area contributed by atoms with Crippen molar-refractivity contribution in [1.29, 1.82) is 0 Å². The summed E-state index contributed by atoms with van der Waals surface area (Å²) < 4.78 is 24.9. The van der Waals surface area contributed by atoms with Gasteiger partial charge in [-0.2, -0.15) is 0 Å². The van der Waals surface area contributed by atoms with E-state index in [4.69, 9.17) is 0 Å². The molecule has 0 amide bonds. The number of benzene rings is 1. The molecule has 1 N–H and O–H groups in total. The predicted molar refractivity (Wildman–Crippen MR) is 70.0 cm³/mol. The van der Waals surface area contributed by atoms with Gasteiger partial charge in [0, 0.05) is 16.7 Å². The van der Waals surface area contributed by atoms with Gasteiger partial charge >= 0.3 is 0 Å². The molecule has 1 aromatic carbocycles. The molecule has 0 aliphatic carbocycles. The molecule has 0 spiro atoms. The maximum absolute atomic E-state index is 12.8. The summed E-state index contributed by atoms with van der Waals surface area (Å²) in [5.74, 6) is 0.234. The standard InChI is InChI=1S/C13H20FNOS/c1-13(2,3)12(15-4)9-17(16)11-7-5-10(14)6-8-11/h5-8,12,15H,9H2,1-4H3. The van der Waals surface area contributed by atoms with Crippen LogP contribution in [-0.4, -0.2) is 23.1 Å². The highest BCUT2D eigenvalue weighted by molar-refractivity contribution is 7.85. The Hall–Kier alpha value is -0.740. The molecule has 0 aliphatic heterocycles. The predicted octanol–water partition coefficient (Wildman–Crippen LogP) is 2.57. The van der Waals surface area contributed by atoms with Gasteiger partial charge in [-0.05, 0) is 36.7 Å². The van der Waals surface area contributed by atoms with Gasteiger partial charge in [0.2, 0.25) is 0 Å². The molecule has 2 atom stereocenters. The lowest BCUT2D eigenvalue weighted by Crippen LogP contribution is -2.42. The van der Waals surface area contributed by atoms with Gasteiger partial charge < -0.3 is 5.32 Å². The van der Waals surface area contributed by atoms with Gasteiger partial charge in [-0.25, -0.2) is 4.39 Å². The largest absolute Gasteiger partial charge is 0.316 e. The molecule has 1 aromatic rings. The minimum Gasteiger partial charge on any atom is -0.316 e. The third kappa shape index (κ3) is 4.21. The van der Waals surface area contributed by atoms with E-state index in [2.05, 4.69) is 26.1 Å². The molecule has 0 saturated carbocycles. The zero-order valence-corrected chi connectivity index (χ0v) is 11.6. The Balaban J connectivity index is 2.75. The van der Waals surface area contributed by atoms with Gasteiger partial charge in [-0.1, -0.05) is 20.8 Å². The van der Waals surface area contributed by atoms with Crippen LogP contribution in [0.4, 0.5) is 4.39 Å². The van der Waals surface area contributed by atoms with E-state index in [0.717, 1.165) is 0 Å². The summed E-state index contributed by atoms with van der Waals surface area (Å²) in [4.78, 5) is 0.677. The molecule has 1 rings (SSSR count). The van der Waals surface area contributed by atoms with E-state index >= 15 is 0 Å². The van der Waals surface area contributed by atoms with Gasteiger partial charge in [0.25, 0.3) is 0 Å². The van der Waals surface area contributed by atoms with E-state index in [9.17, 15) is 8.60 Å². The Labute approximate surface area is 105 Å². The molecule has 0 heterocycles. The second kappa shape index (κ2) is 5.74. The molecule has 0 aromatic heterocycles. The van der Waals surface area contributed by atoms with Gasteiger partial charge in [-0.3, -0.25) is 4.21 Å². The van der Waals surface area contributed by atoms with Crippen LogP contribution in [0.2, 0.25) is 0 Å². The van der Waals surface area contributed by atoms with Crippen LogP contribution in [0.1, 0.15) is 20.8 Å². The SMILES string of the molecule is CNC(CS(=O)c1ccc(F)cc1)C(C)(C)C. The lowest BCUT2D eigenvalue weighted by Gasteiger charge is -2.29. The zero-order valence-electron chi connectivity index (χ0n) is 10.8. The average Bonchev–Trinajstić information content (AvgIpc) is 2.24. The van der Waals surface area contributed by atoms with Crippen molar-refractivity contribution < 1.29 is 8.60 Å². The minimum absolute atomic E-state index is 0.0461.